The number of allylic oxidation sites excluding steroid dienone is 2. The smallest absolute Gasteiger partial charge is 0.126 e. The minimum Gasteiger partial charge on any atom is -0.207 e. The predicted octanol–water partition coefficient (Wildman–Crippen LogP) is 7.31. The molecule has 0 unspecified atom stereocenters. The molecule has 0 heterocycles. The van der Waals surface area contributed by atoms with Crippen LogP contribution >= 0.6 is 11.6 Å². The summed E-state index contributed by atoms with van der Waals surface area (Å²) in [5.41, 5.74) is 7.41. The van der Waals surface area contributed by atoms with E-state index in [1.807, 2.05) is 12.1 Å². The molecule has 25 heavy (non-hydrogen) atoms. The lowest BCUT2D eigenvalue weighted by Crippen LogP contribution is -1.98. The molecule has 0 N–H and O–H groups in total. The number of aryl methyl sites for hydroxylation is 3. The van der Waals surface area contributed by atoms with Crippen molar-refractivity contribution in [3.05, 3.63) is 75.1 Å². The fourth-order valence-corrected chi connectivity index (χ4v) is 4.01. The van der Waals surface area contributed by atoms with Crippen molar-refractivity contribution >= 4 is 17.2 Å². The highest BCUT2D eigenvalue weighted by molar-refractivity contribution is 6.30. The lowest BCUT2D eigenvalue weighted by Gasteiger charge is -2.12. The zero-order valence-electron chi connectivity index (χ0n) is 15.2. The van der Waals surface area contributed by atoms with Gasteiger partial charge in [0, 0.05) is 5.02 Å². The van der Waals surface area contributed by atoms with Crippen LogP contribution < -0.4 is 0 Å². The zero-order chi connectivity index (χ0) is 17.8. The molecule has 0 radical (unpaired) electrons. The van der Waals surface area contributed by atoms with Gasteiger partial charge in [0.25, 0.3) is 0 Å². The standard InChI is InChI=1S/C23H26ClF/c1-3-5-19-15-23(25)20(14-16(19)2)9-8-17-6-4-7-22(17)18-10-12-21(24)13-11-18/h10-15H,3-9H2,1-2H3. The van der Waals surface area contributed by atoms with Crippen molar-refractivity contribution in [2.24, 2.45) is 0 Å². The Hall–Kier alpha value is -1.60. The van der Waals surface area contributed by atoms with Gasteiger partial charge in [0.2, 0.25) is 0 Å². The molecule has 0 aromatic heterocycles. The second-order valence-corrected chi connectivity index (χ2v) is 7.50. The number of rotatable bonds is 6. The summed E-state index contributed by atoms with van der Waals surface area (Å²) in [6, 6.07) is 11.9. The monoisotopic (exact) mass is 356 g/mol. The van der Waals surface area contributed by atoms with Crippen molar-refractivity contribution < 1.29 is 4.39 Å². The maximum Gasteiger partial charge on any atom is 0.126 e. The van der Waals surface area contributed by atoms with Crippen LogP contribution in [0.3, 0.4) is 0 Å². The van der Waals surface area contributed by atoms with Crippen molar-refractivity contribution in [2.75, 3.05) is 0 Å². The summed E-state index contributed by atoms with van der Waals surface area (Å²) >= 11 is 6.01. The van der Waals surface area contributed by atoms with Gasteiger partial charge >= 0.3 is 0 Å². The first-order chi connectivity index (χ1) is 12.1. The van der Waals surface area contributed by atoms with E-state index in [0.29, 0.717) is 0 Å². The van der Waals surface area contributed by atoms with Crippen LogP contribution in [0, 0.1) is 12.7 Å². The molecule has 2 heteroatoms. The summed E-state index contributed by atoms with van der Waals surface area (Å²) in [5, 5.41) is 0.772. The Morgan fingerprint density at radius 3 is 2.44 bits per heavy atom. The van der Waals surface area contributed by atoms with E-state index in [2.05, 4.69) is 32.0 Å². The van der Waals surface area contributed by atoms with Crippen LogP contribution in [0.15, 0.2) is 42.0 Å². The molecule has 0 bridgehead atoms. The third-order valence-corrected chi connectivity index (χ3v) is 5.50. The molecule has 2 aromatic rings. The number of hydrogen-bond donors (Lipinski definition) is 0. The maximum atomic E-state index is 14.5. The molecule has 0 saturated carbocycles. The van der Waals surface area contributed by atoms with E-state index in [4.69, 9.17) is 11.6 Å². The quantitative estimate of drug-likeness (QED) is 0.509. The summed E-state index contributed by atoms with van der Waals surface area (Å²) in [5.74, 6) is -0.0410. The molecule has 0 spiro atoms. The highest BCUT2D eigenvalue weighted by Gasteiger charge is 2.17. The number of hydrogen-bond acceptors (Lipinski definition) is 0. The van der Waals surface area contributed by atoms with Crippen LogP contribution in [0.1, 0.15) is 61.3 Å². The minimum atomic E-state index is -0.0410. The van der Waals surface area contributed by atoms with Gasteiger partial charge in [0.05, 0.1) is 0 Å². The second-order valence-electron chi connectivity index (χ2n) is 7.06. The normalized spacial score (nSPS) is 14.4. The van der Waals surface area contributed by atoms with Crippen LogP contribution in [0.2, 0.25) is 5.02 Å². The van der Waals surface area contributed by atoms with Crippen LogP contribution in [-0.4, -0.2) is 0 Å². The number of benzene rings is 2. The molecule has 132 valence electrons. The summed E-state index contributed by atoms with van der Waals surface area (Å²) in [6.07, 6.45) is 7.18. The summed E-state index contributed by atoms with van der Waals surface area (Å²) in [7, 11) is 0. The molecule has 0 amide bonds. The van der Waals surface area contributed by atoms with Crippen molar-refractivity contribution in [2.45, 2.75) is 58.8 Å². The largest absolute Gasteiger partial charge is 0.207 e. The fourth-order valence-electron chi connectivity index (χ4n) is 3.88. The third-order valence-electron chi connectivity index (χ3n) is 5.25. The highest BCUT2D eigenvalue weighted by Crippen LogP contribution is 2.36. The Morgan fingerprint density at radius 2 is 1.72 bits per heavy atom. The van der Waals surface area contributed by atoms with Gasteiger partial charge in [-0.05, 0) is 91.5 Å². The fraction of sp³-hybridized carbons (Fsp3) is 0.391. The Morgan fingerprint density at radius 1 is 0.960 bits per heavy atom. The van der Waals surface area contributed by atoms with Crippen molar-refractivity contribution in [3.8, 4) is 0 Å². The summed E-state index contributed by atoms with van der Waals surface area (Å²) in [4.78, 5) is 0. The van der Waals surface area contributed by atoms with Gasteiger partial charge in [-0.1, -0.05) is 48.7 Å². The molecular formula is C23H26ClF. The molecular weight excluding hydrogens is 331 g/mol. The van der Waals surface area contributed by atoms with E-state index in [-0.39, 0.29) is 5.82 Å². The lowest BCUT2D eigenvalue weighted by molar-refractivity contribution is 0.604. The van der Waals surface area contributed by atoms with E-state index in [0.717, 1.165) is 54.7 Å². The van der Waals surface area contributed by atoms with E-state index in [1.54, 1.807) is 6.07 Å². The van der Waals surface area contributed by atoms with Gasteiger partial charge in [0.15, 0.2) is 0 Å². The second kappa shape index (κ2) is 8.19. The molecule has 0 fully saturated rings. The first kappa shape index (κ1) is 18.2. The van der Waals surface area contributed by atoms with Crippen LogP contribution in [0.5, 0.6) is 0 Å². The van der Waals surface area contributed by atoms with Crippen molar-refractivity contribution in [1.29, 1.82) is 0 Å². The van der Waals surface area contributed by atoms with Crippen LogP contribution in [0.4, 0.5) is 4.39 Å². The van der Waals surface area contributed by atoms with Gasteiger partial charge in [-0.15, -0.1) is 0 Å². The average Bonchev–Trinajstić information content (AvgIpc) is 3.06. The molecule has 0 nitrogen and oxygen atoms in total. The van der Waals surface area contributed by atoms with Crippen LogP contribution in [0.25, 0.3) is 5.57 Å². The molecule has 0 atom stereocenters. The van der Waals surface area contributed by atoms with Gasteiger partial charge in [-0.3, -0.25) is 0 Å². The van der Waals surface area contributed by atoms with Gasteiger partial charge in [-0.2, -0.15) is 0 Å². The van der Waals surface area contributed by atoms with E-state index in [9.17, 15) is 4.39 Å². The average molecular weight is 357 g/mol. The topological polar surface area (TPSA) is 0 Å². The van der Waals surface area contributed by atoms with Gasteiger partial charge in [-0.25, -0.2) is 4.39 Å². The van der Waals surface area contributed by atoms with Crippen LogP contribution in [-0.2, 0) is 12.8 Å². The Balaban J connectivity index is 1.77. The predicted molar refractivity (Wildman–Crippen MR) is 106 cm³/mol. The van der Waals surface area contributed by atoms with E-state index in [1.165, 1.54) is 28.7 Å². The van der Waals surface area contributed by atoms with Gasteiger partial charge in [0.1, 0.15) is 5.82 Å². The Labute approximate surface area is 155 Å². The number of halogens is 2. The third kappa shape index (κ3) is 4.33. The van der Waals surface area contributed by atoms with Crippen molar-refractivity contribution in [3.63, 3.8) is 0 Å². The summed E-state index contributed by atoms with van der Waals surface area (Å²) in [6.45, 7) is 4.23. The lowest BCUT2D eigenvalue weighted by atomic mass is 9.95. The zero-order valence-corrected chi connectivity index (χ0v) is 15.9. The maximum absolute atomic E-state index is 14.5. The Bertz CT molecular complexity index is 771. The highest BCUT2D eigenvalue weighted by atomic mass is 35.5. The SMILES string of the molecule is CCCc1cc(F)c(CCC2=C(c3ccc(Cl)cc3)CCC2)cc1C. The van der Waals surface area contributed by atoms with Gasteiger partial charge < -0.3 is 0 Å². The first-order valence-corrected chi connectivity index (χ1v) is 9.71. The van der Waals surface area contributed by atoms with E-state index >= 15 is 0 Å². The van der Waals surface area contributed by atoms with E-state index < -0.39 is 0 Å². The minimum absolute atomic E-state index is 0.0410. The Kier molecular flexibility index (Phi) is 5.96. The van der Waals surface area contributed by atoms with Crippen molar-refractivity contribution in [1.82, 2.24) is 0 Å². The first-order valence-electron chi connectivity index (χ1n) is 9.33. The summed E-state index contributed by atoms with van der Waals surface area (Å²) < 4.78 is 14.5. The molecule has 0 aliphatic heterocycles. The molecule has 0 saturated heterocycles. The molecule has 2 aromatic carbocycles. The molecule has 3 rings (SSSR count). The molecule has 1 aliphatic carbocycles. The molecule has 1 aliphatic rings.